The van der Waals surface area contributed by atoms with Gasteiger partial charge in [0.05, 0.1) is 15.2 Å². The molecule has 0 N–H and O–H groups in total. The summed E-state index contributed by atoms with van der Waals surface area (Å²) in [6.45, 7) is 6.19. The SMILES string of the molecule is COc1ccc(-c2ccc(I)c(F)c2)c(F)c1[Si](C)(C)C. The minimum atomic E-state index is -1.93. The summed E-state index contributed by atoms with van der Waals surface area (Å²) in [6, 6.07) is 8.19. The topological polar surface area (TPSA) is 9.23 Å². The highest BCUT2D eigenvalue weighted by molar-refractivity contribution is 14.1. The maximum absolute atomic E-state index is 15.0. The second kappa shape index (κ2) is 6.04. The van der Waals surface area contributed by atoms with Gasteiger partial charge in [0.2, 0.25) is 0 Å². The van der Waals surface area contributed by atoms with E-state index in [0.29, 0.717) is 25.6 Å². The van der Waals surface area contributed by atoms with E-state index in [1.165, 1.54) is 6.07 Å². The largest absolute Gasteiger partial charge is 0.497 e. The van der Waals surface area contributed by atoms with Crippen molar-refractivity contribution in [3.8, 4) is 16.9 Å². The van der Waals surface area contributed by atoms with E-state index in [9.17, 15) is 8.78 Å². The summed E-state index contributed by atoms with van der Waals surface area (Å²) in [5, 5.41) is 0.640. The predicted octanol–water partition coefficient (Wildman–Crippen LogP) is 4.79. The summed E-state index contributed by atoms with van der Waals surface area (Å²) < 4.78 is 34.5. The number of hydrogen-bond donors (Lipinski definition) is 0. The van der Waals surface area contributed by atoms with Crippen molar-refractivity contribution < 1.29 is 13.5 Å². The van der Waals surface area contributed by atoms with Gasteiger partial charge in [0.1, 0.15) is 17.4 Å². The Morgan fingerprint density at radius 2 is 1.71 bits per heavy atom. The first-order chi connectivity index (χ1) is 9.75. The van der Waals surface area contributed by atoms with Gasteiger partial charge in [0.15, 0.2) is 0 Å². The fourth-order valence-corrected chi connectivity index (χ4v) is 4.37. The first-order valence-corrected chi connectivity index (χ1v) is 11.2. The van der Waals surface area contributed by atoms with Crippen molar-refractivity contribution in [2.45, 2.75) is 19.6 Å². The summed E-state index contributed by atoms with van der Waals surface area (Å²) in [4.78, 5) is 0. The van der Waals surface area contributed by atoms with Crippen LogP contribution in [-0.4, -0.2) is 15.2 Å². The molecule has 0 aliphatic rings. The summed E-state index contributed by atoms with van der Waals surface area (Å²) in [6.07, 6.45) is 0. The molecule has 0 aromatic heterocycles. The van der Waals surface area contributed by atoms with Gasteiger partial charge in [-0.05, 0) is 52.4 Å². The molecule has 0 spiro atoms. The molecule has 2 rings (SSSR count). The van der Waals surface area contributed by atoms with E-state index in [1.807, 2.05) is 22.6 Å². The lowest BCUT2D eigenvalue weighted by Crippen LogP contribution is -2.41. The minimum Gasteiger partial charge on any atom is -0.497 e. The average Bonchev–Trinajstić information content (AvgIpc) is 2.40. The Bertz CT molecular complexity index is 681. The smallest absolute Gasteiger partial charge is 0.137 e. The van der Waals surface area contributed by atoms with Gasteiger partial charge >= 0.3 is 0 Å². The number of hydrogen-bond acceptors (Lipinski definition) is 1. The Hall–Kier alpha value is -0.953. The zero-order chi connectivity index (χ0) is 15.8. The van der Waals surface area contributed by atoms with Crippen molar-refractivity contribution in [1.29, 1.82) is 0 Å². The summed E-state index contributed by atoms with van der Waals surface area (Å²) in [5.41, 5.74) is 0.969. The second-order valence-corrected chi connectivity index (χ2v) is 12.0. The van der Waals surface area contributed by atoms with Crippen molar-refractivity contribution in [2.24, 2.45) is 0 Å². The lowest BCUT2D eigenvalue weighted by atomic mass is 10.0. The van der Waals surface area contributed by atoms with Crippen LogP contribution in [0, 0.1) is 15.2 Å². The van der Waals surface area contributed by atoms with E-state index in [1.54, 1.807) is 31.4 Å². The molecule has 0 saturated carbocycles. The van der Waals surface area contributed by atoms with E-state index in [0.717, 1.165) is 0 Å². The Labute approximate surface area is 138 Å². The first kappa shape index (κ1) is 16.4. The molecule has 2 aromatic rings. The second-order valence-electron chi connectivity index (χ2n) is 5.88. The van der Waals surface area contributed by atoms with Crippen LogP contribution >= 0.6 is 22.6 Å². The number of rotatable bonds is 3. The van der Waals surface area contributed by atoms with Crippen LogP contribution in [0.5, 0.6) is 5.75 Å². The van der Waals surface area contributed by atoms with Gasteiger partial charge in [0.25, 0.3) is 0 Å². The monoisotopic (exact) mass is 418 g/mol. The van der Waals surface area contributed by atoms with E-state index in [2.05, 4.69) is 19.6 Å². The van der Waals surface area contributed by atoms with Gasteiger partial charge in [-0.15, -0.1) is 0 Å². The van der Waals surface area contributed by atoms with Gasteiger partial charge in [-0.1, -0.05) is 25.7 Å². The van der Waals surface area contributed by atoms with Crippen LogP contribution in [-0.2, 0) is 0 Å². The lowest BCUT2D eigenvalue weighted by Gasteiger charge is -2.22. The van der Waals surface area contributed by atoms with Crippen molar-refractivity contribution >= 4 is 35.9 Å². The molecule has 0 fully saturated rings. The Kier molecular flexibility index (Phi) is 4.72. The maximum Gasteiger partial charge on any atom is 0.137 e. The molecule has 0 unspecified atom stereocenters. The summed E-state index contributed by atoms with van der Waals surface area (Å²) >= 11 is 1.92. The fourth-order valence-electron chi connectivity index (χ4n) is 2.31. The Morgan fingerprint density at radius 3 is 2.24 bits per heavy atom. The van der Waals surface area contributed by atoms with Gasteiger partial charge in [-0.3, -0.25) is 0 Å². The molecule has 21 heavy (non-hydrogen) atoms. The van der Waals surface area contributed by atoms with Crippen LogP contribution in [0.3, 0.4) is 0 Å². The van der Waals surface area contributed by atoms with E-state index >= 15 is 0 Å². The average molecular weight is 418 g/mol. The maximum atomic E-state index is 15.0. The molecule has 0 bridgehead atoms. The zero-order valence-electron chi connectivity index (χ0n) is 12.4. The summed E-state index contributed by atoms with van der Waals surface area (Å²) in [5.74, 6) is -0.0617. The van der Waals surface area contributed by atoms with Crippen LogP contribution in [0.25, 0.3) is 11.1 Å². The quantitative estimate of drug-likeness (QED) is 0.515. The molecule has 5 heteroatoms. The molecule has 0 heterocycles. The van der Waals surface area contributed by atoms with Crippen LogP contribution < -0.4 is 9.92 Å². The Balaban J connectivity index is 2.68. The number of benzene rings is 2. The Morgan fingerprint density at radius 1 is 1.05 bits per heavy atom. The fraction of sp³-hybridized carbons (Fsp3) is 0.250. The molecule has 0 radical (unpaired) electrons. The van der Waals surface area contributed by atoms with Crippen LogP contribution in [0.2, 0.25) is 19.6 Å². The van der Waals surface area contributed by atoms with Gasteiger partial charge < -0.3 is 4.74 Å². The molecule has 0 aliphatic heterocycles. The lowest BCUT2D eigenvalue weighted by molar-refractivity contribution is 0.415. The molecule has 0 amide bonds. The highest BCUT2D eigenvalue weighted by atomic mass is 127. The van der Waals surface area contributed by atoms with Crippen molar-refractivity contribution in [3.63, 3.8) is 0 Å². The first-order valence-electron chi connectivity index (χ1n) is 6.58. The molecule has 2 aromatic carbocycles. The predicted molar refractivity (Wildman–Crippen MR) is 94.0 cm³/mol. The molecule has 0 saturated heterocycles. The number of ether oxygens (including phenoxy) is 1. The van der Waals surface area contributed by atoms with Gasteiger partial charge in [-0.2, -0.15) is 0 Å². The molecule has 0 aliphatic carbocycles. The highest BCUT2D eigenvalue weighted by Gasteiger charge is 2.27. The highest BCUT2D eigenvalue weighted by Crippen LogP contribution is 2.28. The van der Waals surface area contributed by atoms with E-state index in [4.69, 9.17) is 4.74 Å². The third-order valence-corrected chi connectivity index (χ3v) is 6.14. The van der Waals surface area contributed by atoms with Crippen LogP contribution in [0.4, 0.5) is 8.78 Å². The van der Waals surface area contributed by atoms with Crippen LogP contribution in [0.15, 0.2) is 30.3 Å². The number of methoxy groups -OCH3 is 1. The molecule has 112 valence electrons. The van der Waals surface area contributed by atoms with Crippen molar-refractivity contribution in [3.05, 3.63) is 45.5 Å². The van der Waals surface area contributed by atoms with Crippen molar-refractivity contribution in [1.82, 2.24) is 0 Å². The zero-order valence-corrected chi connectivity index (χ0v) is 15.6. The van der Waals surface area contributed by atoms with E-state index in [-0.39, 0.29) is 11.6 Å². The normalized spacial score (nSPS) is 11.6. The number of halogens is 3. The standard InChI is InChI=1S/C16H17F2IOSi/c1-20-14-8-6-11(15(18)16(14)21(2,3)4)10-5-7-13(19)12(17)9-10/h5-9H,1-4H3. The van der Waals surface area contributed by atoms with Gasteiger partial charge in [0, 0.05) is 14.3 Å². The molecular formula is C16H17F2IOSi. The molecular weight excluding hydrogens is 401 g/mol. The third kappa shape index (κ3) is 3.29. The van der Waals surface area contributed by atoms with Crippen molar-refractivity contribution in [2.75, 3.05) is 7.11 Å². The van der Waals surface area contributed by atoms with E-state index < -0.39 is 8.07 Å². The third-order valence-electron chi connectivity index (χ3n) is 3.30. The van der Waals surface area contributed by atoms with Crippen LogP contribution in [0.1, 0.15) is 0 Å². The van der Waals surface area contributed by atoms with Gasteiger partial charge in [-0.25, -0.2) is 8.78 Å². The molecule has 0 atom stereocenters. The summed E-state index contributed by atoms with van der Waals surface area (Å²) in [7, 11) is -0.383. The minimum absolute atomic E-state index is 0.297. The molecule has 1 nitrogen and oxygen atoms in total.